The van der Waals surface area contributed by atoms with Gasteiger partial charge in [-0.25, -0.2) is 0 Å². The molecule has 0 atom stereocenters. The minimum atomic E-state index is 0. The quantitative estimate of drug-likeness (QED) is 0.622. The molecule has 1 nitrogen and oxygen atoms in total. The van der Waals surface area contributed by atoms with E-state index in [9.17, 15) is 0 Å². The molecule has 10 heavy (non-hydrogen) atoms. The molecule has 0 aromatic heterocycles. The van der Waals surface area contributed by atoms with Crippen molar-refractivity contribution >= 4 is 12.4 Å². The van der Waals surface area contributed by atoms with Crippen LogP contribution in [0.15, 0.2) is 0 Å². The molecule has 0 rings (SSSR count). The Kier molecular flexibility index (Phi) is 10.9. The molecule has 2 heteroatoms. The van der Waals surface area contributed by atoms with Gasteiger partial charge < -0.3 is 0 Å². The van der Waals surface area contributed by atoms with Gasteiger partial charge in [0.05, 0.1) is 6.07 Å². The van der Waals surface area contributed by atoms with E-state index in [1.54, 1.807) is 0 Å². The lowest BCUT2D eigenvalue weighted by molar-refractivity contribution is 0.540. The fourth-order valence-corrected chi connectivity index (χ4v) is 0.970. The van der Waals surface area contributed by atoms with Gasteiger partial charge in [-0.15, -0.1) is 12.4 Å². The molecule has 0 bridgehead atoms. The third-order valence-corrected chi connectivity index (χ3v) is 1.46. The second kappa shape index (κ2) is 8.78. The Hall–Kier alpha value is -0.220. The molecule has 0 aliphatic rings. The number of nitrogens with zero attached hydrogens (tertiary/aromatic N) is 1. The summed E-state index contributed by atoms with van der Waals surface area (Å²) in [6.45, 7) is 4.25. The van der Waals surface area contributed by atoms with Gasteiger partial charge in [-0.05, 0) is 12.8 Å². The van der Waals surface area contributed by atoms with Crippen molar-refractivity contribution in [3.63, 3.8) is 0 Å². The summed E-state index contributed by atoms with van der Waals surface area (Å²) in [4.78, 5) is 0. The van der Waals surface area contributed by atoms with Gasteiger partial charge in [-0.3, -0.25) is 0 Å². The van der Waals surface area contributed by atoms with Crippen LogP contribution in [-0.4, -0.2) is 0 Å². The minimum Gasteiger partial charge on any atom is -0.198 e. The maximum atomic E-state index is 8.54. The molecule has 0 aliphatic heterocycles. The topological polar surface area (TPSA) is 23.8 Å². The van der Waals surface area contributed by atoms with Crippen LogP contribution >= 0.6 is 12.4 Å². The molecule has 0 aromatic carbocycles. The molecule has 0 saturated heterocycles. The van der Waals surface area contributed by atoms with Crippen LogP contribution in [0.2, 0.25) is 0 Å². The van der Waals surface area contributed by atoms with E-state index in [0.717, 1.165) is 25.7 Å². The van der Waals surface area contributed by atoms with Crippen molar-refractivity contribution in [3.05, 3.63) is 0 Å². The highest BCUT2D eigenvalue weighted by atomic mass is 35.5. The van der Waals surface area contributed by atoms with Crippen LogP contribution in [0, 0.1) is 17.2 Å². The molecule has 0 radical (unpaired) electrons. The number of nitriles is 1. The summed E-state index contributed by atoms with van der Waals surface area (Å²) in [7, 11) is 0. The van der Waals surface area contributed by atoms with E-state index in [1.165, 1.54) is 0 Å². The first kappa shape index (κ1) is 12.5. The second-order valence-corrected chi connectivity index (χ2v) is 2.40. The van der Waals surface area contributed by atoms with E-state index in [2.05, 4.69) is 19.9 Å². The Balaban J connectivity index is 0. The highest BCUT2D eigenvalue weighted by molar-refractivity contribution is 5.85. The average molecular weight is 162 g/mol. The predicted molar refractivity (Wildman–Crippen MR) is 46.2 cm³/mol. The zero-order valence-corrected chi connectivity index (χ0v) is 7.58. The van der Waals surface area contributed by atoms with E-state index >= 15 is 0 Å². The maximum Gasteiger partial charge on any atom is 0.0655 e. The number of halogens is 1. The summed E-state index contributed by atoms with van der Waals surface area (Å²) in [5, 5.41) is 8.54. The summed E-state index contributed by atoms with van der Waals surface area (Å²) in [5.74, 6) is 0.319. The lowest BCUT2D eigenvalue weighted by Crippen LogP contribution is -1.94. The van der Waals surface area contributed by atoms with Gasteiger partial charge in [-0.2, -0.15) is 5.26 Å². The van der Waals surface area contributed by atoms with Gasteiger partial charge in [0.25, 0.3) is 0 Å². The van der Waals surface area contributed by atoms with E-state index in [-0.39, 0.29) is 12.4 Å². The van der Waals surface area contributed by atoms with Gasteiger partial charge in [-0.1, -0.05) is 26.7 Å². The Morgan fingerprint density at radius 1 is 1.20 bits per heavy atom. The zero-order valence-electron chi connectivity index (χ0n) is 6.76. The van der Waals surface area contributed by atoms with Crippen LogP contribution in [-0.2, 0) is 0 Å². The minimum absolute atomic E-state index is 0. The Labute approximate surface area is 69.8 Å². The largest absolute Gasteiger partial charge is 0.198 e. The summed E-state index contributed by atoms with van der Waals surface area (Å²) in [5.41, 5.74) is 0. The van der Waals surface area contributed by atoms with Crippen molar-refractivity contribution in [2.45, 2.75) is 39.5 Å². The van der Waals surface area contributed by atoms with Crippen molar-refractivity contribution in [3.8, 4) is 6.07 Å². The lowest BCUT2D eigenvalue weighted by atomic mass is 10.0. The van der Waals surface area contributed by atoms with Crippen molar-refractivity contribution in [1.82, 2.24) is 0 Å². The van der Waals surface area contributed by atoms with Crippen LogP contribution in [0.5, 0.6) is 0 Å². The molecule has 0 saturated carbocycles. The Morgan fingerprint density at radius 3 is 1.80 bits per heavy atom. The molecule has 0 amide bonds. The fraction of sp³-hybridized carbons (Fsp3) is 0.875. The van der Waals surface area contributed by atoms with E-state index in [1.807, 2.05) is 0 Å². The summed E-state index contributed by atoms with van der Waals surface area (Å²) in [6.07, 6.45) is 4.42. The monoisotopic (exact) mass is 161 g/mol. The van der Waals surface area contributed by atoms with Crippen LogP contribution in [0.4, 0.5) is 0 Å². The summed E-state index contributed by atoms with van der Waals surface area (Å²) in [6, 6.07) is 2.30. The molecule has 0 aliphatic carbocycles. The van der Waals surface area contributed by atoms with Crippen molar-refractivity contribution in [1.29, 1.82) is 5.26 Å². The third kappa shape index (κ3) is 5.91. The highest BCUT2D eigenvalue weighted by Gasteiger charge is 2.02. The molecule has 0 heterocycles. The van der Waals surface area contributed by atoms with Crippen LogP contribution in [0.25, 0.3) is 0 Å². The van der Waals surface area contributed by atoms with Crippen LogP contribution in [0.3, 0.4) is 0 Å². The van der Waals surface area contributed by atoms with Gasteiger partial charge >= 0.3 is 0 Å². The van der Waals surface area contributed by atoms with Gasteiger partial charge in [0, 0.05) is 5.92 Å². The van der Waals surface area contributed by atoms with Crippen LogP contribution in [0.1, 0.15) is 39.5 Å². The first-order valence-corrected chi connectivity index (χ1v) is 3.74. The second-order valence-electron chi connectivity index (χ2n) is 2.40. The molecule has 0 aromatic rings. The third-order valence-electron chi connectivity index (χ3n) is 1.46. The molecular weight excluding hydrogens is 146 g/mol. The molecular formula is C8H16ClN. The van der Waals surface area contributed by atoms with Crippen molar-refractivity contribution in [2.75, 3.05) is 0 Å². The SMILES string of the molecule is CCCC(C#N)CCC.Cl. The Morgan fingerprint density at radius 2 is 1.60 bits per heavy atom. The average Bonchev–Trinajstić information content (AvgIpc) is 1.88. The molecule has 0 fully saturated rings. The standard InChI is InChI=1S/C8H15N.ClH/c1-3-5-8(7-9)6-4-2;/h8H,3-6H2,1-2H3;1H. The van der Waals surface area contributed by atoms with Gasteiger partial charge in [0.15, 0.2) is 0 Å². The molecule has 60 valence electrons. The molecule has 0 spiro atoms. The number of rotatable bonds is 4. The Bertz CT molecular complexity index is 89.9. The normalized spacial score (nSPS) is 8.60. The van der Waals surface area contributed by atoms with Crippen LogP contribution < -0.4 is 0 Å². The lowest BCUT2D eigenvalue weighted by Gasteiger charge is -2.02. The number of hydrogen-bond donors (Lipinski definition) is 0. The van der Waals surface area contributed by atoms with E-state index in [4.69, 9.17) is 5.26 Å². The van der Waals surface area contributed by atoms with Gasteiger partial charge in [0.2, 0.25) is 0 Å². The van der Waals surface area contributed by atoms with E-state index < -0.39 is 0 Å². The maximum absolute atomic E-state index is 8.54. The summed E-state index contributed by atoms with van der Waals surface area (Å²) >= 11 is 0. The highest BCUT2D eigenvalue weighted by Crippen LogP contribution is 2.10. The summed E-state index contributed by atoms with van der Waals surface area (Å²) < 4.78 is 0. The molecule has 0 unspecified atom stereocenters. The molecule has 0 N–H and O–H groups in total. The number of hydrogen-bond acceptors (Lipinski definition) is 1. The van der Waals surface area contributed by atoms with Gasteiger partial charge in [0.1, 0.15) is 0 Å². The van der Waals surface area contributed by atoms with Crippen molar-refractivity contribution in [2.24, 2.45) is 5.92 Å². The zero-order chi connectivity index (χ0) is 7.11. The van der Waals surface area contributed by atoms with E-state index in [0.29, 0.717) is 5.92 Å². The first-order valence-electron chi connectivity index (χ1n) is 3.74. The smallest absolute Gasteiger partial charge is 0.0655 e. The van der Waals surface area contributed by atoms with Crippen molar-refractivity contribution < 1.29 is 0 Å². The fourth-order valence-electron chi connectivity index (χ4n) is 0.970. The predicted octanol–water partition coefficient (Wildman–Crippen LogP) is 3.15. The first-order chi connectivity index (χ1) is 4.35.